The molecule has 7 nitrogen and oxygen atoms in total. The summed E-state index contributed by atoms with van der Waals surface area (Å²) in [4.78, 5) is 11.1. The van der Waals surface area contributed by atoms with Crippen molar-refractivity contribution in [3.8, 4) is 28.5 Å². The molecule has 0 atom stereocenters. The Balaban J connectivity index is 2.19. The Kier molecular flexibility index (Phi) is 3.17. The van der Waals surface area contributed by atoms with Gasteiger partial charge in [0.05, 0.1) is 12.8 Å². The van der Waals surface area contributed by atoms with E-state index in [0.29, 0.717) is 41.7 Å². The second-order valence-corrected chi connectivity index (χ2v) is 4.54. The molecule has 7 heteroatoms. The molecule has 0 aliphatic carbocycles. The smallest absolute Gasteiger partial charge is 0.356 e. The molecule has 0 unspecified atom stereocenters. The van der Waals surface area contributed by atoms with E-state index in [2.05, 4.69) is 5.10 Å². The summed E-state index contributed by atoms with van der Waals surface area (Å²) in [6, 6.07) is 5.01. The van der Waals surface area contributed by atoms with Crippen molar-refractivity contribution in [3.63, 3.8) is 0 Å². The summed E-state index contributed by atoms with van der Waals surface area (Å²) in [6.45, 7) is 0.904. The lowest BCUT2D eigenvalue weighted by atomic mass is 10.1. The van der Waals surface area contributed by atoms with Crippen LogP contribution in [-0.4, -0.2) is 41.2 Å². The first-order valence-corrected chi connectivity index (χ1v) is 6.35. The summed E-state index contributed by atoms with van der Waals surface area (Å²) >= 11 is 0. The number of carboxylic acids is 1. The first kappa shape index (κ1) is 13.3. The largest absolute Gasteiger partial charge is 0.497 e. The van der Waals surface area contributed by atoms with E-state index < -0.39 is 5.97 Å². The van der Waals surface area contributed by atoms with Crippen molar-refractivity contribution in [1.29, 1.82) is 0 Å². The number of carbonyl (C=O) groups is 1. The van der Waals surface area contributed by atoms with E-state index in [1.807, 2.05) is 0 Å². The molecule has 1 aliphatic heterocycles. The van der Waals surface area contributed by atoms with Crippen LogP contribution >= 0.6 is 0 Å². The fraction of sp³-hybridized carbons (Fsp3) is 0.286. The van der Waals surface area contributed by atoms with Crippen LogP contribution in [0.1, 0.15) is 10.5 Å². The molecule has 1 aliphatic rings. The molecule has 1 N–H and O–H groups in total. The van der Waals surface area contributed by atoms with Crippen molar-refractivity contribution >= 4 is 5.97 Å². The Morgan fingerprint density at radius 3 is 2.76 bits per heavy atom. The molecule has 1 aromatic carbocycles. The van der Waals surface area contributed by atoms with E-state index in [-0.39, 0.29) is 5.69 Å². The quantitative estimate of drug-likeness (QED) is 0.923. The van der Waals surface area contributed by atoms with E-state index in [1.165, 1.54) is 10.7 Å². The summed E-state index contributed by atoms with van der Waals surface area (Å²) in [7, 11) is 3.23. The van der Waals surface area contributed by atoms with Gasteiger partial charge in [0, 0.05) is 18.7 Å². The van der Waals surface area contributed by atoms with Gasteiger partial charge in [-0.2, -0.15) is 5.10 Å². The summed E-state index contributed by atoms with van der Waals surface area (Å²) in [5, 5.41) is 13.0. The van der Waals surface area contributed by atoms with Gasteiger partial charge in [-0.15, -0.1) is 0 Å². The molecule has 2 heterocycles. The summed E-state index contributed by atoms with van der Waals surface area (Å²) in [5.41, 5.74) is 1.28. The number of aromatic nitrogens is 2. The monoisotopic (exact) mass is 290 g/mol. The highest BCUT2D eigenvalue weighted by atomic mass is 16.6. The van der Waals surface area contributed by atoms with Crippen molar-refractivity contribution in [1.82, 2.24) is 9.78 Å². The van der Waals surface area contributed by atoms with Crippen LogP contribution in [0.4, 0.5) is 0 Å². The summed E-state index contributed by atoms with van der Waals surface area (Å²) in [5.74, 6) is 0.675. The number of carboxylic acid groups (broad SMARTS) is 1. The third-order valence-corrected chi connectivity index (χ3v) is 3.23. The zero-order valence-electron chi connectivity index (χ0n) is 11.6. The molecule has 0 spiro atoms. The second-order valence-electron chi connectivity index (χ2n) is 4.54. The van der Waals surface area contributed by atoms with Crippen LogP contribution in [-0.2, 0) is 7.05 Å². The molecule has 0 saturated carbocycles. The minimum atomic E-state index is -1.08. The first-order valence-electron chi connectivity index (χ1n) is 6.35. The van der Waals surface area contributed by atoms with E-state index in [1.54, 1.807) is 26.3 Å². The van der Waals surface area contributed by atoms with Crippen LogP contribution in [0.25, 0.3) is 11.3 Å². The SMILES string of the molecule is COc1cc2c(c(-c3cc(C(=O)O)nn3C)c1)OCCO2. The predicted molar refractivity (Wildman–Crippen MR) is 73.1 cm³/mol. The van der Waals surface area contributed by atoms with Crippen LogP contribution in [0, 0.1) is 0 Å². The van der Waals surface area contributed by atoms with Gasteiger partial charge >= 0.3 is 5.97 Å². The highest BCUT2D eigenvalue weighted by Gasteiger charge is 2.22. The highest BCUT2D eigenvalue weighted by Crippen LogP contribution is 2.43. The van der Waals surface area contributed by atoms with Crippen molar-refractivity contribution in [2.24, 2.45) is 7.05 Å². The number of aryl methyl sites for hydroxylation is 1. The van der Waals surface area contributed by atoms with Gasteiger partial charge in [-0.1, -0.05) is 0 Å². The number of nitrogens with zero attached hydrogens (tertiary/aromatic N) is 2. The van der Waals surface area contributed by atoms with E-state index in [0.717, 1.165) is 0 Å². The van der Waals surface area contributed by atoms with Gasteiger partial charge in [0.1, 0.15) is 19.0 Å². The van der Waals surface area contributed by atoms with Gasteiger partial charge in [-0.25, -0.2) is 4.79 Å². The Morgan fingerprint density at radius 2 is 2.10 bits per heavy atom. The summed E-state index contributed by atoms with van der Waals surface area (Å²) < 4.78 is 18.0. The third-order valence-electron chi connectivity index (χ3n) is 3.23. The molecular formula is C14H14N2O5. The number of benzene rings is 1. The zero-order chi connectivity index (χ0) is 15.0. The number of aromatic carboxylic acids is 1. The zero-order valence-corrected chi connectivity index (χ0v) is 11.6. The predicted octanol–water partition coefficient (Wildman–Crippen LogP) is 1.57. The van der Waals surface area contributed by atoms with Crippen LogP contribution in [0.5, 0.6) is 17.2 Å². The van der Waals surface area contributed by atoms with Gasteiger partial charge < -0.3 is 19.3 Å². The van der Waals surface area contributed by atoms with Crippen LogP contribution in [0.3, 0.4) is 0 Å². The molecule has 0 radical (unpaired) electrons. The number of hydrogen-bond acceptors (Lipinski definition) is 5. The third kappa shape index (κ3) is 2.26. The van der Waals surface area contributed by atoms with E-state index in [4.69, 9.17) is 19.3 Å². The summed E-state index contributed by atoms with van der Waals surface area (Å²) in [6.07, 6.45) is 0. The average molecular weight is 290 g/mol. The van der Waals surface area contributed by atoms with Gasteiger partial charge in [0.25, 0.3) is 0 Å². The minimum Gasteiger partial charge on any atom is -0.497 e. The Bertz CT molecular complexity index is 708. The van der Waals surface area contributed by atoms with Gasteiger partial charge in [-0.05, 0) is 12.1 Å². The fourth-order valence-electron chi connectivity index (χ4n) is 2.26. The minimum absolute atomic E-state index is 0.0270. The standard InChI is InChI=1S/C14H14N2O5/c1-16-11(7-10(15-16)14(17)18)9-5-8(19-2)6-12-13(9)21-4-3-20-12/h5-7H,3-4H2,1-2H3,(H,17,18). The number of hydrogen-bond donors (Lipinski definition) is 1. The Hall–Kier alpha value is -2.70. The van der Waals surface area contributed by atoms with Crippen molar-refractivity contribution in [2.45, 2.75) is 0 Å². The number of methoxy groups -OCH3 is 1. The van der Waals surface area contributed by atoms with Crippen molar-refractivity contribution in [2.75, 3.05) is 20.3 Å². The maximum atomic E-state index is 11.1. The molecule has 0 fully saturated rings. The molecular weight excluding hydrogens is 276 g/mol. The lowest BCUT2D eigenvalue weighted by Gasteiger charge is -2.22. The maximum absolute atomic E-state index is 11.1. The Labute approximate surface area is 120 Å². The molecule has 0 amide bonds. The fourth-order valence-corrected chi connectivity index (χ4v) is 2.26. The molecule has 2 aromatic rings. The number of ether oxygens (including phenoxy) is 3. The first-order chi connectivity index (χ1) is 10.1. The molecule has 0 saturated heterocycles. The number of rotatable bonds is 3. The lowest BCUT2D eigenvalue weighted by Crippen LogP contribution is -2.16. The van der Waals surface area contributed by atoms with E-state index in [9.17, 15) is 4.79 Å². The molecule has 21 heavy (non-hydrogen) atoms. The molecule has 0 bridgehead atoms. The van der Waals surface area contributed by atoms with E-state index >= 15 is 0 Å². The maximum Gasteiger partial charge on any atom is 0.356 e. The molecule has 1 aromatic heterocycles. The Morgan fingerprint density at radius 1 is 1.33 bits per heavy atom. The van der Waals surface area contributed by atoms with Gasteiger partial charge in [0.15, 0.2) is 17.2 Å². The van der Waals surface area contributed by atoms with Crippen molar-refractivity contribution in [3.05, 3.63) is 23.9 Å². The number of fused-ring (bicyclic) bond motifs is 1. The van der Waals surface area contributed by atoms with Crippen LogP contribution in [0.15, 0.2) is 18.2 Å². The van der Waals surface area contributed by atoms with Crippen molar-refractivity contribution < 1.29 is 24.1 Å². The van der Waals surface area contributed by atoms with Gasteiger partial charge in [0.2, 0.25) is 0 Å². The molecule has 110 valence electrons. The topological polar surface area (TPSA) is 82.8 Å². The van der Waals surface area contributed by atoms with Gasteiger partial charge in [-0.3, -0.25) is 4.68 Å². The average Bonchev–Trinajstić information content (AvgIpc) is 2.88. The highest BCUT2D eigenvalue weighted by molar-refractivity contribution is 5.87. The van der Waals surface area contributed by atoms with Crippen LogP contribution in [0.2, 0.25) is 0 Å². The van der Waals surface area contributed by atoms with Crippen LogP contribution < -0.4 is 14.2 Å². The molecule has 3 rings (SSSR count). The second kappa shape index (κ2) is 5.01. The normalized spacial score (nSPS) is 13.0. The lowest BCUT2D eigenvalue weighted by molar-refractivity contribution is 0.0689.